The third-order valence-corrected chi connectivity index (χ3v) is 7.67. The Morgan fingerprint density at radius 1 is 0.976 bits per heavy atom. The lowest BCUT2D eigenvalue weighted by Crippen LogP contribution is -2.50. The second-order valence-electron chi connectivity index (χ2n) is 11.9. The summed E-state index contributed by atoms with van der Waals surface area (Å²) in [5.41, 5.74) is 3.91. The molecule has 1 aromatic heterocycles. The Labute approximate surface area is 243 Å². The van der Waals surface area contributed by atoms with E-state index in [0.29, 0.717) is 48.1 Å². The van der Waals surface area contributed by atoms with Crippen LogP contribution in [0.4, 0.5) is 18.0 Å². The number of halogens is 3. The lowest BCUT2D eigenvalue weighted by molar-refractivity contribution is -0.137. The molecule has 9 heteroatoms. The van der Waals surface area contributed by atoms with Crippen molar-refractivity contribution in [3.63, 3.8) is 0 Å². The summed E-state index contributed by atoms with van der Waals surface area (Å²) in [7, 11) is 1.96. The van der Waals surface area contributed by atoms with E-state index in [0.717, 1.165) is 34.6 Å². The van der Waals surface area contributed by atoms with Gasteiger partial charge in [0.2, 0.25) is 0 Å². The molecule has 220 valence electrons. The maximum Gasteiger partial charge on any atom is 0.416 e. The fourth-order valence-electron chi connectivity index (χ4n) is 5.60. The number of fused-ring (bicyclic) bond motifs is 2. The zero-order valence-corrected chi connectivity index (χ0v) is 24.3. The molecule has 0 saturated heterocycles. The zero-order valence-electron chi connectivity index (χ0n) is 24.3. The van der Waals surface area contributed by atoms with Crippen molar-refractivity contribution in [2.45, 2.75) is 64.7 Å². The predicted molar refractivity (Wildman–Crippen MR) is 157 cm³/mol. The highest BCUT2D eigenvalue weighted by Crippen LogP contribution is 2.37. The van der Waals surface area contributed by atoms with E-state index in [9.17, 15) is 22.8 Å². The molecule has 0 atom stereocenters. The number of carbonyl (C=O) groups is 2. The smallest absolute Gasteiger partial charge is 0.333 e. The van der Waals surface area contributed by atoms with Crippen LogP contribution in [-0.4, -0.2) is 38.3 Å². The molecule has 3 aromatic carbocycles. The number of benzene rings is 3. The maximum atomic E-state index is 13.6. The number of nitrogens with one attached hydrogen (secondary N) is 1. The van der Waals surface area contributed by atoms with Gasteiger partial charge >= 0.3 is 12.2 Å². The molecule has 4 aromatic rings. The Morgan fingerprint density at radius 3 is 2.45 bits per heavy atom. The molecular formula is C33H35F3N4O2. The van der Waals surface area contributed by atoms with E-state index in [-0.39, 0.29) is 24.8 Å². The fraction of sp³-hybridized carbons (Fsp3) is 0.364. The lowest BCUT2D eigenvalue weighted by Gasteiger charge is -2.34. The van der Waals surface area contributed by atoms with Crippen LogP contribution in [0.1, 0.15) is 66.5 Å². The van der Waals surface area contributed by atoms with Crippen LogP contribution >= 0.6 is 0 Å². The van der Waals surface area contributed by atoms with Crippen molar-refractivity contribution in [3.8, 4) is 11.1 Å². The lowest BCUT2D eigenvalue weighted by atomic mass is 9.85. The van der Waals surface area contributed by atoms with Gasteiger partial charge in [-0.05, 0) is 80.1 Å². The summed E-state index contributed by atoms with van der Waals surface area (Å²) in [5.74, 6) is 0.842. The number of carbonyl (C=O) groups excluding carboxylic acids is 2. The second-order valence-corrected chi connectivity index (χ2v) is 11.9. The molecule has 1 N–H and O–H groups in total. The van der Waals surface area contributed by atoms with E-state index in [1.165, 1.54) is 6.07 Å². The number of ketones is 1. The van der Waals surface area contributed by atoms with E-state index in [1.54, 1.807) is 23.1 Å². The van der Waals surface area contributed by atoms with Crippen LogP contribution in [-0.2, 0) is 32.6 Å². The Bertz CT molecular complexity index is 1650. The van der Waals surface area contributed by atoms with Gasteiger partial charge in [0.25, 0.3) is 0 Å². The van der Waals surface area contributed by atoms with Crippen LogP contribution in [0.15, 0.2) is 60.7 Å². The molecule has 0 bridgehead atoms. The Kier molecular flexibility index (Phi) is 7.88. The molecule has 0 unspecified atom stereocenters. The molecule has 1 aliphatic rings. The first kappa shape index (κ1) is 29.4. The average Bonchev–Trinajstić information content (AvgIpc) is 3.26. The van der Waals surface area contributed by atoms with Gasteiger partial charge in [-0.15, -0.1) is 0 Å². The molecule has 0 saturated carbocycles. The molecule has 0 fully saturated rings. The largest absolute Gasteiger partial charge is 0.416 e. The van der Waals surface area contributed by atoms with Crippen molar-refractivity contribution in [1.29, 1.82) is 0 Å². The van der Waals surface area contributed by atoms with Crippen LogP contribution in [0.25, 0.3) is 22.2 Å². The monoisotopic (exact) mass is 576 g/mol. The number of nitrogens with zero attached hydrogens (tertiary/aromatic N) is 3. The van der Waals surface area contributed by atoms with Crippen molar-refractivity contribution in [2.75, 3.05) is 6.54 Å². The second kappa shape index (κ2) is 11.3. The van der Waals surface area contributed by atoms with Crippen molar-refractivity contribution in [1.82, 2.24) is 19.8 Å². The van der Waals surface area contributed by atoms with E-state index in [1.807, 2.05) is 56.7 Å². The molecular weight excluding hydrogens is 541 g/mol. The number of aromatic nitrogens is 2. The third kappa shape index (κ3) is 6.20. The molecule has 0 spiro atoms. The van der Waals surface area contributed by atoms with E-state index in [2.05, 4.69) is 5.32 Å². The summed E-state index contributed by atoms with van der Waals surface area (Å²) in [6.07, 6.45) is -2.53. The molecule has 0 aliphatic carbocycles. The third-order valence-electron chi connectivity index (χ3n) is 7.67. The number of aryl methyl sites for hydroxylation is 2. The van der Waals surface area contributed by atoms with Crippen molar-refractivity contribution in [2.24, 2.45) is 7.05 Å². The maximum absolute atomic E-state index is 13.6. The molecule has 2 heterocycles. The predicted octanol–water partition coefficient (Wildman–Crippen LogP) is 7.33. The highest BCUT2D eigenvalue weighted by molar-refractivity contribution is 5.99. The number of rotatable bonds is 6. The van der Waals surface area contributed by atoms with Gasteiger partial charge in [-0.1, -0.05) is 36.4 Å². The number of para-hydroxylation sites is 2. The van der Waals surface area contributed by atoms with E-state index in [4.69, 9.17) is 4.98 Å². The number of amides is 2. The Hall–Kier alpha value is -4.14. The molecule has 6 nitrogen and oxygen atoms in total. The summed E-state index contributed by atoms with van der Waals surface area (Å²) in [6, 6.07) is 16.4. The normalized spacial score (nSPS) is 13.7. The number of hydrogen-bond acceptors (Lipinski definition) is 3. The first-order valence-corrected chi connectivity index (χ1v) is 14.1. The van der Waals surface area contributed by atoms with Gasteiger partial charge in [-0.25, -0.2) is 9.78 Å². The quantitative estimate of drug-likeness (QED) is 0.245. The van der Waals surface area contributed by atoms with Gasteiger partial charge in [0.1, 0.15) is 5.82 Å². The van der Waals surface area contributed by atoms with Crippen LogP contribution < -0.4 is 5.32 Å². The highest BCUT2D eigenvalue weighted by atomic mass is 19.4. The molecule has 2 amide bonds. The first-order chi connectivity index (χ1) is 19.8. The number of alkyl halides is 3. The summed E-state index contributed by atoms with van der Waals surface area (Å²) < 4.78 is 42.5. The molecule has 5 rings (SSSR count). The molecule has 0 radical (unpaired) electrons. The van der Waals surface area contributed by atoms with Gasteiger partial charge in [-0.3, -0.25) is 4.79 Å². The Balaban J connectivity index is 1.44. The minimum absolute atomic E-state index is 0.0568. The average molecular weight is 577 g/mol. The van der Waals surface area contributed by atoms with Gasteiger partial charge in [-0.2, -0.15) is 13.2 Å². The number of Topliss-reactive ketones (excluding diaryl/α,β-unsaturated/α-hetero) is 1. The van der Waals surface area contributed by atoms with Crippen LogP contribution in [0.5, 0.6) is 0 Å². The van der Waals surface area contributed by atoms with Gasteiger partial charge in [0, 0.05) is 44.1 Å². The first-order valence-electron chi connectivity index (χ1n) is 14.1. The van der Waals surface area contributed by atoms with Crippen molar-refractivity contribution in [3.05, 3.63) is 88.7 Å². The summed E-state index contributed by atoms with van der Waals surface area (Å²) in [5, 5.41) is 2.98. The SMILES string of the molecule is Cn1c(CCCC(=O)c2ccc(-c3cccc(C(F)(F)F)c3)c3c2CN(C(=O)NC(C)(C)C)CC3)nc2ccccc21. The minimum atomic E-state index is -4.47. The van der Waals surface area contributed by atoms with Crippen LogP contribution in [0, 0.1) is 0 Å². The topological polar surface area (TPSA) is 67.2 Å². The highest BCUT2D eigenvalue weighted by Gasteiger charge is 2.32. The van der Waals surface area contributed by atoms with Crippen LogP contribution in [0.2, 0.25) is 0 Å². The van der Waals surface area contributed by atoms with Crippen LogP contribution in [0.3, 0.4) is 0 Å². The fourth-order valence-corrected chi connectivity index (χ4v) is 5.60. The Morgan fingerprint density at radius 2 is 1.74 bits per heavy atom. The summed E-state index contributed by atoms with van der Waals surface area (Å²) in [4.78, 5) is 33.0. The number of imidazole rings is 1. The standard InChI is InChI=1S/C33H35F3N4O2/c1-32(2,3)38-31(42)40-18-17-24-23(21-9-7-10-22(19-21)33(34,35)36)15-16-25(26(24)20-40)29(41)13-8-14-30-37-27-11-5-6-12-28(27)39(30)4/h5-7,9-12,15-16,19H,8,13-14,17-18,20H2,1-4H3,(H,38,42). The number of urea groups is 1. The molecule has 42 heavy (non-hydrogen) atoms. The summed E-state index contributed by atoms with van der Waals surface area (Å²) in [6.45, 7) is 6.29. The van der Waals surface area contributed by atoms with Crippen molar-refractivity contribution >= 4 is 22.8 Å². The van der Waals surface area contributed by atoms with Crippen molar-refractivity contribution < 1.29 is 22.8 Å². The van der Waals surface area contributed by atoms with Gasteiger partial charge in [0.05, 0.1) is 16.6 Å². The number of hydrogen-bond donors (Lipinski definition) is 1. The minimum Gasteiger partial charge on any atom is -0.333 e. The van der Waals surface area contributed by atoms with E-state index < -0.39 is 17.3 Å². The molecule has 1 aliphatic heterocycles. The summed E-state index contributed by atoms with van der Waals surface area (Å²) >= 11 is 0. The van der Waals surface area contributed by atoms with E-state index >= 15 is 0 Å². The zero-order chi connectivity index (χ0) is 30.2. The van der Waals surface area contributed by atoms with Gasteiger partial charge < -0.3 is 14.8 Å². The van der Waals surface area contributed by atoms with Gasteiger partial charge in [0.15, 0.2) is 5.78 Å².